The zero-order chi connectivity index (χ0) is 9.78. The van der Waals surface area contributed by atoms with Gasteiger partial charge >= 0.3 is 5.97 Å². The monoisotopic (exact) mass is 174 g/mol. The van der Waals surface area contributed by atoms with Crippen LogP contribution in [0.5, 0.6) is 0 Å². The van der Waals surface area contributed by atoms with E-state index in [9.17, 15) is 15.0 Å². The van der Waals surface area contributed by atoms with Crippen LogP contribution in [-0.2, 0) is 9.53 Å². The van der Waals surface area contributed by atoms with Crippen molar-refractivity contribution >= 4 is 5.97 Å². The van der Waals surface area contributed by atoms with Gasteiger partial charge in [-0.05, 0) is 19.9 Å². The van der Waals surface area contributed by atoms with Crippen LogP contribution in [0.2, 0.25) is 0 Å². The summed E-state index contributed by atoms with van der Waals surface area (Å²) in [6.45, 7) is 2.89. The molecule has 2 N–H and O–H groups in total. The number of rotatable bonds is 3. The van der Waals surface area contributed by atoms with Gasteiger partial charge in [-0.2, -0.15) is 0 Å². The second kappa shape index (κ2) is 4.23. The van der Waals surface area contributed by atoms with Gasteiger partial charge in [0.25, 0.3) is 0 Å². The van der Waals surface area contributed by atoms with Crippen LogP contribution in [0.15, 0.2) is 12.2 Å². The summed E-state index contributed by atoms with van der Waals surface area (Å²) in [4.78, 5) is 10.5. The quantitative estimate of drug-likeness (QED) is 0.461. The van der Waals surface area contributed by atoms with Gasteiger partial charge in [-0.25, -0.2) is 4.79 Å². The summed E-state index contributed by atoms with van der Waals surface area (Å²) in [5.74, 6) is -0.557. The number of hydrogen-bond acceptors (Lipinski definition) is 4. The molecule has 0 radical (unpaired) electrons. The lowest BCUT2D eigenvalue weighted by Gasteiger charge is -2.20. The molecule has 0 heterocycles. The third-order valence-electron chi connectivity index (χ3n) is 1.34. The average molecular weight is 174 g/mol. The van der Waals surface area contributed by atoms with Gasteiger partial charge in [0.1, 0.15) is 6.10 Å². The molecule has 0 saturated heterocycles. The SMILES string of the molecule is COC(=O)C=CC(O)C(C)(C)O. The van der Waals surface area contributed by atoms with Crippen molar-refractivity contribution in [2.45, 2.75) is 25.6 Å². The van der Waals surface area contributed by atoms with E-state index in [1.165, 1.54) is 27.0 Å². The summed E-state index contributed by atoms with van der Waals surface area (Å²) < 4.78 is 4.29. The van der Waals surface area contributed by atoms with Crippen LogP contribution in [-0.4, -0.2) is 35.0 Å². The van der Waals surface area contributed by atoms with Gasteiger partial charge in [-0.15, -0.1) is 0 Å². The van der Waals surface area contributed by atoms with Gasteiger partial charge in [-0.3, -0.25) is 0 Å². The maximum absolute atomic E-state index is 10.5. The van der Waals surface area contributed by atoms with E-state index in [0.717, 1.165) is 6.08 Å². The van der Waals surface area contributed by atoms with Crippen molar-refractivity contribution in [1.29, 1.82) is 0 Å². The fourth-order valence-corrected chi connectivity index (χ4v) is 0.473. The zero-order valence-corrected chi connectivity index (χ0v) is 7.44. The standard InChI is InChI=1S/C8H14O4/c1-8(2,11)6(9)4-5-7(10)12-3/h4-6,9,11H,1-3H3. The summed E-state index contributed by atoms with van der Waals surface area (Å²) >= 11 is 0. The number of carbonyl (C=O) groups is 1. The maximum Gasteiger partial charge on any atom is 0.330 e. The molecule has 0 aromatic rings. The Kier molecular flexibility index (Phi) is 3.92. The minimum atomic E-state index is -1.25. The number of aliphatic hydroxyl groups excluding tert-OH is 1. The number of carbonyl (C=O) groups excluding carboxylic acids is 1. The Balaban J connectivity index is 4.09. The van der Waals surface area contributed by atoms with Crippen molar-refractivity contribution in [2.75, 3.05) is 7.11 Å². The highest BCUT2D eigenvalue weighted by Gasteiger charge is 2.21. The van der Waals surface area contributed by atoms with E-state index in [1.54, 1.807) is 0 Å². The Morgan fingerprint density at radius 2 is 2.08 bits per heavy atom. The van der Waals surface area contributed by atoms with Crippen molar-refractivity contribution < 1.29 is 19.7 Å². The van der Waals surface area contributed by atoms with Gasteiger partial charge in [0.15, 0.2) is 0 Å². The highest BCUT2D eigenvalue weighted by Crippen LogP contribution is 2.08. The van der Waals surface area contributed by atoms with Gasteiger partial charge < -0.3 is 14.9 Å². The number of methoxy groups -OCH3 is 1. The molecule has 1 unspecified atom stereocenters. The molecule has 0 aliphatic carbocycles. The lowest BCUT2D eigenvalue weighted by Crippen LogP contribution is -2.34. The van der Waals surface area contributed by atoms with Crippen molar-refractivity contribution in [1.82, 2.24) is 0 Å². The summed E-state index contributed by atoms with van der Waals surface area (Å²) in [5, 5.41) is 18.4. The van der Waals surface area contributed by atoms with E-state index in [-0.39, 0.29) is 0 Å². The molecule has 0 amide bonds. The summed E-state index contributed by atoms with van der Waals surface area (Å²) in [6, 6.07) is 0. The Morgan fingerprint density at radius 3 is 2.42 bits per heavy atom. The van der Waals surface area contributed by atoms with Gasteiger partial charge in [0.2, 0.25) is 0 Å². The normalized spacial score (nSPS) is 14.8. The third kappa shape index (κ3) is 4.10. The molecule has 1 atom stereocenters. The second-order valence-electron chi connectivity index (χ2n) is 2.98. The lowest BCUT2D eigenvalue weighted by molar-refractivity contribution is -0.134. The molecule has 0 saturated carbocycles. The van der Waals surface area contributed by atoms with Crippen LogP contribution in [0.4, 0.5) is 0 Å². The molecule has 0 aromatic carbocycles. The topological polar surface area (TPSA) is 66.8 Å². The first-order chi connectivity index (χ1) is 5.38. The second-order valence-corrected chi connectivity index (χ2v) is 2.98. The van der Waals surface area contributed by atoms with Crippen molar-refractivity contribution in [2.24, 2.45) is 0 Å². The zero-order valence-electron chi connectivity index (χ0n) is 7.44. The lowest BCUT2D eigenvalue weighted by atomic mass is 10.0. The van der Waals surface area contributed by atoms with Crippen LogP contribution < -0.4 is 0 Å². The Hall–Kier alpha value is -0.870. The largest absolute Gasteiger partial charge is 0.466 e. The molecule has 4 heteroatoms. The van der Waals surface area contributed by atoms with Crippen molar-refractivity contribution in [3.05, 3.63) is 12.2 Å². The summed E-state index contributed by atoms with van der Waals surface area (Å²) in [6.07, 6.45) is 1.19. The van der Waals surface area contributed by atoms with E-state index in [0.29, 0.717) is 0 Å². The first-order valence-electron chi connectivity index (χ1n) is 3.54. The van der Waals surface area contributed by atoms with Gasteiger partial charge in [0.05, 0.1) is 12.7 Å². The predicted molar refractivity (Wildman–Crippen MR) is 43.5 cm³/mol. The molecule has 0 aliphatic rings. The van der Waals surface area contributed by atoms with Crippen LogP contribution in [0.3, 0.4) is 0 Å². The molecule has 0 bridgehead atoms. The molecule has 0 aromatic heterocycles. The molecule has 4 nitrogen and oxygen atoms in total. The number of hydrogen-bond donors (Lipinski definition) is 2. The minimum Gasteiger partial charge on any atom is -0.466 e. The number of ether oxygens (including phenoxy) is 1. The number of esters is 1. The summed E-state index contributed by atoms with van der Waals surface area (Å²) in [7, 11) is 1.24. The fraction of sp³-hybridized carbons (Fsp3) is 0.625. The average Bonchev–Trinajstić information content (AvgIpc) is 1.97. The summed E-state index contributed by atoms with van der Waals surface area (Å²) in [5.41, 5.74) is -1.25. The predicted octanol–water partition coefficient (Wildman–Crippen LogP) is -0.153. The minimum absolute atomic E-state index is 0.557. The molecule has 70 valence electrons. The van der Waals surface area contributed by atoms with Crippen LogP contribution >= 0.6 is 0 Å². The van der Waals surface area contributed by atoms with Crippen LogP contribution in [0.1, 0.15) is 13.8 Å². The smallest absolute Gasteiger partial charge is 0.330 e. The Morgan fingerprint density at radius 1 is 1.58 bits per heavy atom. The first-order valence-corrected chi connectivity index (χ1v) is 3.54. The highest BCUT2D eigenvalue weighted by molar-refractivity contribution is 5.81. The van der Waals surface area contributed by atoms with E-state index in [1.807, 2.05) is 0 Å². The van der Waals surface area contributed by atoms with Gasteiger partial charge in [-0.1, -0.05) is 0 Å². The van der Waals surface area contributed by atoms with E-state index < -0.39 is 17.7 Å². The molecular weight excluding hydrogens is 160 g/mol. The highest BCUT2D eigenvalue weighted by atomic mass is 16.5. The fourth-order valence-electron chi connectivity index (χ4n) is 0.473. The Labute approximate surface area is 71.5 Å². The molecule has 0 aliphatic heterocycles. The molecule has 0 fully saturated rings. The van der Waals surface area contributed by atoms with Crippen molar-refractivity contribution in [3.8, 4) is 0 Å². The molecule has 12 heavy (non-hydrogen) atoms. The number of aliphatic hydroxyl groups is 2. The van der Waals surface area contributed by atoms with E-state index in [2.05, 4.69) is 4.74 Å². The van der Waals surface area contributed by atoms with Crippen LogP contribution in [0, 0.1) is 0 Å². The maximum atomic E-state index is 10.5. The van der Waals surface area contributed by atoms with E-state index >= 15 is 0 Å². The molecule has 0 spiro atoms. The van der Waals surface area contributed by atoms with Crippen molar-refractivity contribution in [3.63, 3.8) is 0 Å². The molecular formula is C8H14O4. The first kappa shape index (κ1) is 11.1. The van der Waals surface area contributed by atoms with E-state index in [4.69, 9.17) is 0 Å². The molecule has 0 rings (SSSR count). The Bertz CT molecular complexity index is 178. The third-order valence-corrected chi connectivity index (χ3v) is 1.34. The van der Waals surface area contributed by atoms with Crippen LogP contribution in [0.25, 0.3) is 0 Å². The van der Waals surface area contributed by atoms with Gasteiger partial charge in [0, 0.05) is 6.08 Å².